The van der Waals surface area contributed by atoms with Gasteiger partial charge in [0.25, 0.3) is 0 Å². The number of nitrogens with two attached hydrogens (primary N) is 1. The van der Waals surface area contributed by atoms with Crippen molar-refractivity contribution in [1.29, 1.82) is 5.26 Å². The topological polar surface area (TPSA) is 140 Å². The van der Waals surface area contributed by atoms with Gasteiger partial charge < -0.3 is 19.9 Å². The molecule has 0 radical (unpaired) electrons. The lowest BCUT2D eigenvalue weighted by Crippen LogP contribution is -2.62. The van der Waals surface area contributed by atoms with Crippen molar-refractivity contribution in [3.63, 3.8) is 0 Å². The average molecular weight is 476 g/mol. The number of ether oxygens (including phenoxy) is 3. The maximum absolute atomic E-state index is 15.2. The van der Waals surface area contributed by atoms with Gasteiger partial charge in [-0.25, -0.2) is 27.1 Å². The zero-order valence-corrected chi connectivity index (χ0v) is 18.8. The van der Waals surface area contributed by atoms with Crippen LogP contribution in [0.15, 0.2) is 41.5 Å². The van der Waals surface area contributed by atoms with Crippen LogP contribution in [-0.4, -0.2) is 62.4 Å². The summed E-state index contributed by atoms with van der Waals surface area (Å²) >= 11 is 0. The van der Waals surface area contributed by atoms with E-state index in [1.807, 2.05) is 6.07 Å². The molecule has 0 bridgehead atoms. The van der Waals surface area contributed by atoms with E-state index in [0.717, 1.165) is 10.4 Å². The fraction of sp³-hybridized carbons (Fsp3) is 0.381. The first-order valence-corrected chi connectivity index (χ1v) is 11.5. The summed E-state index contributed by atoms with van der Waals surface area (Å²) in [7, 11) is -1.19. The van der Waals surface area contributed by atoms with Crippen LogP contribution in [0.25, 0.3) is 0 Å². The SMILES string of the molecule is COC[C@H]1C[C@@H]2[C@](c3cc(Oc4cc(C#N)ccn4)ccc3F)(CO1)N=C(N)N(C)S2(=O)=O. The highest BCUT2D eigenvalue weighted by Gasteiger charge is 2.57. The summed E-state index contributed by atoms with van der Waals surface area (Å²) in [5.74, 6) is -0.642. The Hall–Kier alpha value is -3.27. The Labute approximate surface area is 190 Å². The van der Waals surface area contributed by atoms with Gasteiger partial charge >= 0.3 is 0 Å². The fourth-order valence-electron chi connectivity index (χ4n) is 4.08. The third-order valence-electron chi connectivity index (χ3n) is 5.77. The molecule has 2 aliphatic rings. The van der Waals surface area contributed by atoms with Crippen molar-refractivity contribution in [3.05, 3.63) is 53.5 Å². The summed E-state index contributed by atoms with van der Waals surface area (Å²) in [6.45, 7) is -0.0421. The van der Waals surface area contributed by atoms with Crippen LogP contribution in [0.1, 0.15) is 17.5 Å². The van der Waals surface area contributed by atoms with Gasteiger partial charge in [0.2, 0.25) is 21.9 Å². The Bertz CT molecular complexity index is 1250. The maximum atomic E-state index is 15.2. The molecule has 0 amide bonds. The Morgan fingerprint density at radius 2 is 2.18 bits per heavy atom. The summed E-state index contributed by atoms with van der Waals surface area (Å²) in [5.41, 5.74) is 4.63. The Kier molecular flexibility index (Phi) is 5.96. The largest absolute Gasteiger partial charge is 0.439 e. The highest BCUT2D eigenvalue weighted by atomic mass is 32.2. The quantitative estimate of drug-likeness (QED) is 0.686. The highest BCUT2D eigenvalue weighted by Crippen LogP contribution is 2.45. The number of hydrogen-bond acceptors (Lipinski definition) is 9. The molecular weight excluding hydrogens is 453 g/mol. The van der Waals surface area contributed by atoms with Crippen molar-refractivity contribution < 1.29 is 27.0 Å². The number of pyridine rings is 1. The Balaban J connectivity index is 1.81. The second-order valence-electron chi connectivity index (χ2n) is 7.76. The maximum Gasteiger partial charge on any atom is 0.243 e. The number of guanidine groups is 1. The van der Waals surface area contributed by atoms with E-state index < -0.39 is 32.7 Å². The minimum Gasteiger partial charge on any atom is -0.439 e. The second kappa shape index (κ2) is 8.58. The van der Waals surface area contributed by atoms with Gasteiger partial charge in [0.05, 0.1) is 31.0 Å². The summed E-state index contributed by atoms with van der Waals surface area (Å²) in [5, 5.41) is 7.93. The Morgan fingerprint density at radius 1 is 1.39 bits per heavy atom. The molecule has 0 saturated carbocycles. The first-order chi connectivity index (χ1) is 15.7. The van der Waals surface area contributed by atoms with Gasteiger partial charge in [-0.15, -0.1) is 0 Å². The number of aliphatic imine (C=N–C) groups is 1. The van der Waals surface area contributed by atoms with Gasteiger partial charge in [0, 0.05) is 32.0 Å². The smallest absolute Gasteiger partial charge is 0.243 e. The second-order valence-corrected chi connectivity index (χ2v) is 9.90. The van der Waals surface area contributed by atoms with Crippen LogP contribution in [0, 0.1) is 17.1 Å². The lowest BCUT2D eigenvalue weighted by atomic mass is 9.82. The zero-order chi connectivity index (χ0) is 23.8. The number of nitriles is 1. The molecule has 2 N–H and O–H groups in total. The molecule has 2 aromatic rings. The molecule has 1 fully saturated rings. The molecule has 174 valence electrons. The standard InChI is InChI=1S/C21H22FN5O5S/c1-27-20(24)26-21(12-31-15(11-30-2)9-18(21)33(27,28)29)16-8-14(3-4-17(16)22)32-19-7-13(10-23)5-6-25-19/h3-8,15,18H,9,11-12H2,1-2H3,(H2,24,26)/t15-,18-,21-/m1/s1. The van der Waals surface area contributed by atoms with Crippen molar-refractivity contribution in [3.8, 4) is 17.7 Å². The summed E-state index contributed by atoms with van der Waals surface area (Å²) in [6.07, 6.45) is 0.936. The molecule has 33 heavy (non-hydrogen) atoms. The molecular formula is C21H22FN5O5S. The number of sulfonamides is 1. The minimum atomic E-state index is -3.98. The molecule has 12 heteroatoms. The highest BCUT2D eigenvalue weighted by molar-refractivity contribution is 7.90. The van der Waals surface area contributed by atoms with Crippen LogP contribution in [-0.2, 0) is 25.0 Å². The normalized spacial score (nSPS) is 26.1. The van der Waals surface area contributed by atoms with Crippen molar-refractivity contribution in [2.45, 2.75) is 23.3 Å². The van der Waals surface area contributed by atoms with Crippen molar-refractivity contribution >= 4 is 16.0 Å². The first-order valence-electron chi connectivity index (χ1n) is 9.99. The van der Waals surface area contributed by atoms with Crippen molar-refractivity contribution in [1.82, 2.24) is 9.29 Å². The van der Waals surface area contributed by atoms with Gasteiger partial charge in [0.1, 0.15) is 22.4 Å². The molecule has 0 aliphatic carbocycles. The summed E-state index contributed by atoms with van der Waals surface area (Å²) in [4.78, 5) is 8.48. The molecule has 3 heterocycles. The minimum absolute atomic E-state index is 0.0306. The number of nitrogens with zero attached hydrogens (tertiary/aromatic N) is 4. The van der Waals surface area contributed by atoms with Gasteiger partial charge in [-0.1, -0.05) is 0 Å². The molecule has 10 nitrogen and oxygen atoms in total. The Morgan fingerprint density at radius 3 is 2.91 bits per heavy atom. The lowest BCUT2D eigenvalue weighted by molar-refractivity contribution is -0.0611. The van der Waals surface area contributed by atoms with E-state index in [2.05, 4.69) is 9.98 Å². The van der Waals surface area contributed by atoms with Crippen molar-refractivity contribution in [2.75, 3.05) is 27.4 Å². The number of rotatable bonds is 5. The number of fused-ring (bicyclic) bond motifs is 1. The van der Waals surface area contributed by atoms with E-state index in [4.69, 9.17) is 25.2 Å². The van der Waals surface area contributed by atoms with E-state index in [1.54, 1.807) is 0 Å². The number of methoxy groups -OCH3 is 1. The monoisotopic (exact) mass is 475 g/mol. The predicted molar refractivity (Wildman–Crippen MR) is 115 cm³/mol. The van der Waals surface area contributed by atoms with Crippen LogP contribution < -0.4 is 10.5 Å². The predicted octanol–water partition coefficient (Wildman–Crippen LogP) is 1.47. The summed E-state index contributed by atoms with van der Waals surface area (Å²) < 4.78 is 59.4. The van der Waals surface area contributed by atoms with Crippen LogP contribution in [0.2, 0.25) is 0 Å². The van der Waals surface area contributed by atoms with Crippen LogP contribution >= 0.6 is 0 Å². The van der Waals surface area contributed by atoms with E-state index in [1.165, 1.54) is 44.6 Å². The number of benzene rings is 1. The molecule has 4 rings (SSSR count). The van der Waals surface area contributed by atoms with Crippen LogP contribution in [0.3, 0.4) is 0 Å². The number of halogens is 1. The first kappa shape index (κ1) is 22.9. The summed E-state index contributed by atoms with van der Waals surface area (Å²) in [6, 6.07) is 8.82. The number of hydrogen-bond donors (Lipinski definition) is 1. The molecule has 0 spiro atoms. The van der Waals surface area contributed by atoms with E-state index in [-0.39, 0.29) is 42.8 Å². The fourth-order valence-corrected chi connectivity index (χ4v) is 5.96. The van der Waals surface area contributed by atoms with E-state index >= 15 is 4.39 Å². The van der Waals surface area contributed by atoms with Gasteiger partial charge in [0.15, 0.2) is 0 Å². The molecule has 1 saturated heterocycles. The van der Waals surface area contributed by atoms with E-state index in [9.17, 15) is 8.42 Å². The van der Waals surface area contributed by atoms with Crippen molar-refractivity contribution in [2.24, 2.45) is 10.7 Å². The van der Waals surface area contributed by atoms with Gasteiger partial charge in [-0.3, -0.25) is 0 Å². The molecule has 2 aliphatic heterocycles. The number of aromatic nitrogens is 1. The molecule has 0 unspecified atom stereocenters. The van der Waals surface area contributed by atoms with Gasteiger partial charge in [-0.05, 0) is 30.7 Å². The zero-order valence-electron chi connectivity index (χ0n) is 17.9. The van der Waals surface area contributed by atoms with Crippen LogP contribution in [0.5, 0.6) is 11.6 Å². The van der Waals surface area contributed by atoms with Crippen LogP contribution in [0.4, 0.5) is 4.39 Å². The molecule has 1 aromatic carbocycles. The molecule has 3 atom stereocenters. The lowest BCUT2D eigenvalue weighted by Gasteiger charge is -2.47. The van der Waals surface area contributed by atoms with E-state index in [0.29, 0.717) is 5.56 Å². The third-order valence-corrected chi connectivity index (χ3v) is 8.02. The average Bonchev–Trinajstić information content (AvgIpc) is 2.80. The molecule has 1 aromatic heterocycles. The van der Waals surface area contributed by atoms with Gasteiger partial charge in [-0.2, -0.15) is 5.26 Å². The third kappa shape index (κ3) is 3.99.